The van der Waals surface area contributed by atoms with E-state index in [1.807, 2.05) is 6.92 Å². The minimum atomic E-state index is -0.273. The van der Waals surface area contributed by atoms with Gasteiger partial charge in [-0.2, -0.15) is 0 Å². The fraction of sp³-hybridized carbons (Fsp3) is 0.385. The summed E-state index contributed by atoms with van der Waals surface area (Å²) in [6.07, 6.45) is 0.857. The van der Waals surface area contributed by atoms with Crippen molar-refractivity contribution < 1.29 is 9.59 Å². The third kappa shape index (κ3) is 4.73. The molecule has 6 heteroatoms. The molecule has 19 heavy (non-hydrogen) atoms. The highest BCUT2D eigenvalue weighted by atomic mass is 35.5. The van der Waals surface area contributed by atoms with E-state index in [1.54, 1.807) is 19.2 Å². The van der Waals surface area contributed by atoms with Crippen LogP contribution < -0.4 is 5.32 Å². The fourth-order valence-corrected chi connectivity index (χ4v) is 1.76. The Labute approximate surface area is 122 Å². The Hall–Kier alpha value is -1.26. The second kappa shape index (κ2) is 7.36. The molecule has 0 radical (unpaired) electrons. The van der Waals surface area contributed by atoms with Crippen molar-refractivity contribution >= 4 is 35.0 Å². The third-order valence-corrected chi connectivity index (χ3v) is 3.21. The van der Waals surface area contributed by atoms with Crippen LogP contribution in [0.4, 0.5) is 0 Å². The normalized spacial score (nSPS) is 10.1. The molecule has 1 N–H and O–H groups in total. The Bertz CT molecular complexity index is 478. The Morgan fingerprint density at radius 3 is 2.53 bits per heavy atom. The second-order valence-electron chi connectivity index (χ2n) is 4.14. The molecule has 1 aromatic carbocycles. The standard InChI is InChI=1S/C13H16Cl2N2O2/c1-3-6-16-12(18)8-17(2)13(19)9-4-5-10(14)11(15)7-9/h4-5,7H,3,6,8H2,1-2H3,(H,16,18). The summed E-state index contributed by atoms with van der Waals surface area (Å²) in [7, 11) is 1.57. The molecule has 4 nitrogen and oxygen atoms in total. The summed E-state index contributed by atoms with van der Waals surface area (Å²) in [6.45, 7) is 2.58. The molecular weight excluding hydrogens is 287 g/mol. The number of amides is 2. The molecule has 0 saturated heterocycles. The summed E-state index contributed by atoms with van der Waals surface area (Å²) in [6, 6.07) is 4.63. The summed E-state index contributed by atoms with van der Waals surface area (Å²) >= 11 is 11.6. The molecule has 0 atom stereocenters. The van der Waals surface area contributed by atoms with Crippen molar-refractivity contribution in [2.24, 2.45) is 0 Å². The average molecular weight is 303 g/mol. The van der Waals surface area contributed by atoms with E-state index in [0.717, 1.165) is 6.42 Å². The lowest BCUT2D eigenvalue weighted by molar-refractivity contribution is -0.121. The van der Waals surface area contributed by atoms with Crippen LogP contribution in [0, 0.1) is 0 Å². The van der Waals surface area contributed by atoms with Crippen LogP contribution in [0.15, 0.2) is 18.2 Å². The molecule has 0 aromatic heterocycles. The first kappa shape index (κ1) is 15.8. The van der Waals surface area contributed by atoms with Gasteiger partial charge in [0, 0.05) is 19.2 Å². The van der Waals surface area contributed by atoms with E-state index in [1.165, 1.54) is 11.0 Å². The highest BCUT2D eigenvalue weighted by Crippen LogP contribution is 2.23. The molecule has 1 aromatic rings. The Morgan fingerprint density at radius 2 is 1.95 bits per heavy atom. The number of likely N-dealkylation sites (N-methyl/N-ethyl adjacent to an activating group) is 1. The number of hydrogen-bond donors (Lipinski definition) is 1. The summed E-state index contributed by atoms with van der Waals surface area (Å²) < 4.78 is 0. The smallest absolute Gasteiger partial charge is 0.254 e. The van der Waals surface area contributed by atoms with E-state index in [9.17, 15) is 9.59 Å². The zero-order chi connectivity index (χ0) is 14.4. The van der Waals surface area contributed by atoms with Crippen molar-refractivity contribution in [2.45, 2.75) is 13.3 Å². The van der Waals surface area contributed by atoms with Gasteiger partial charge in [0.2, 0.25) is 5.91 Å². The van der Waals surface area contributed by atoms with Crippen LogP contribution in [0.5, 0.6) is 0 Å². The molecule has 0 unspecified atom stereocenters. The van der Waals surface area contributed by atoms with Gasteiger partial charge < -0.3 is 10.2 Å². The van der Waals surface area contributed by atoms with Gasteiger partial charge in [-0.25, -0.2) is 0 Å². The molecule has 104 valence electrons. The number of halogens is 2. The van der Waals surface area contributed by atoms with E-state index in [4.69, 9.17) is 23.2 Å². The van der Waals surface area contributed by atoms with Gasteiger partial charge in [-0.3, -0.25) is 9.59 Å². The zero-order valence-corrected chi connectivity index (χ0v) is 12.4. The van der Waals surface area contributed by atoms with Crippen molar-refractivity contribution in [1.29, 1.82) is 0 Å². The number of benzene rings is 1. The second-order valence-corrected chi connectivity index (χ2v) is 4.95. The lowest BCUT2D eigenvalue weighted by Crippen LogP contribution is -2.38. The summed E-state index contributed by atoms with van der Waals surface area (Å²) in [4.78, 5) is 24.9. The maximum atomic E-state index is 12.1. The summed E-state index contributed by atoms with van der Waals surface area (Å²) in [5.74, 6) is -0.456. The SMILES string of the molecule is CCCNC(=O)CN(C)C(=O)c1ccc(Cl)c(Cl)c1. The van der Waals surface area contributed by atoms with Crippen molar-refractivity contribution in [3.8, 4) is 0 Å². The monoisotopic (exact) mass is 302 g/mol. The molecular formula is C13H16Cl2N2O2. The van der Waals surface area contributed by atoms with E-state index in [2.05, 4.69) is 5.32 Å². The fourth-order valence-electron chi connectivity index (χ4n) is 1.46. The van der Waals surface area contributed by atoms with Crippen molar-refractivity contribution in [1.82, 2.24) is 10.2 Å². The molecule has 0 aliphatic carbocycles. The number of hydrogen-bond acceptors (Lipinski definition) is 2. The molecule has 0 saturated carbocycles. The van der Waals surface area contributed by atoms with E-state index in [0.29, 0.717) is 22.2 Å². The molecule has 0 aliphatic rings. The first-order valence-electron chi connectivity index (χ1n) is 5.93. The van der Waals surface area contributed by atoms with Crippen molar-refractivity contribution in [3.63, 3.8) is 0 Å². The van der Waals surface area contributed by atoms with Gasteiger partial charge in [-0.05, 0) is 24.6 Å². The topological polar surface area (TPSA) is 49.4 Å². The lowest BCUT2D eigenvalue weighted by atomic mass is 10.2. The van der Waals surface area contributed by atoms with Crippen LogP contribution >= 0.6 is 23.2 Å². The highest BCUT2D eigenvalue weighted by Gasteiger charge is 2.15. The first-order chi connectivity index (χ1) is 8.95. The van der Waals surface area contributed by atoms with Gasteiger partial charge in [0.1, 0.15) is 0 Å². The Balaban J connectivity index is 2.66. The van der Waals surface area contributed by atoms with Crippen LogP contribution in [0.25, 0.3) is 0 Å². The van der Waals surface area contributed by atoms with Crippen LogP contribution in [0.2, 0.25) is 10.0 Å². The Kier molecular flexibility index (Phi) is 6.12. The molecule has 0 bridgehead atoms. The zero-order valence-electron chi connectivity index (χ0n) is 10.9. The molecule has 0 spiro atoms. The van der Waals surface area contributed by atoms with Crippen LogP contribution in [0.1, 0.15) is 23.7 Å². The predicted molar refractivity (Wildman–Crippen MR) is 76.7 cm³/mol. The largest absolute Gasteiger partial charge is 0.355 e. The molecule has 0 aliphatic heterocycles. The lowest BCUT2D eigenvalue weighted by Gasteiger charge is -2.17. The number of rotatable bonds is 5. The summed E-state index contributed by atoms with van der Waals surface area (Å²) in [5, 5.41) is 3.42. The number of nitrogens with zero attached hydrogens (tertiary/aromatic N) is 1. The van der Waals surface area contributed by atoms with Crippen LogP contribution in [-0.2, 0) is 4.79 Å². The number of carbonyl (C=O) groups excluding carboxylic acids is 2. The predicted octanol–water partition coefficient (Wildman–Crippen LogP) is 2.59. The van der Waals surface area contributed by atoms with Crippen molar-refractivity contribution in [2.75, 3.05) is 20.1 Å². The van der Waals surface area contributed by atoms with Gasteiger partial charge >= 0.3 is 0 Å². The van der Waals surface area contributed by atoms with Gasteiger partial charge in [0.05, 0.1) is 16.6 Å². The van der Waals surface area contributed by atoms with Crippen LogP contribution in [0.3, 0.4) is 0 Å². The average Bonchev–Trinajstić information content (AvgIpc) is 2.38. The number of carbonyl (C=O) groups is 2. The Morgan fingerprint density at radius 1 is 1.26 bits per heavy atom. The summed E-state index contributed by atoms with van der Waals surface area (Å²) in [5.41, 5.74) is 0.403. The molecule has 0 heterocycles. The maximum absolute atomic E-state index is 12.1. The van der Waals surface area contributed by atoms with Crippen LogP contribution in [-0.4, -0.2) is 36.9 Å². The first-order valence-corrected chi connectivity index (χ1v) is 6.68. The molecule has 2 amide bonds. The van der Waals surface area contributed by atoms with Gasteiger partial charge in [-0.1, -0.05) is 30.1 Å². The van der Waals surface area contributed by atoms with Crippen molar-refractivity contribution in [3.05, 3.63) is 33.8 Å². The quantitative estimate of drug-likeness (QED) is 0.909. The van der Waals surface area contributed by atoms with E-state index >= 15 is 0 Å². The van der Waals surface area contributed by atoms with E-state index in [-0.39, 0.29) is 18.4 Å². The molecule has 0 fully saturated rings. The minimum absolute atomic E-state index is 0.0130. The van der Waals surface area contributed by atoms with Gasteiger partial charge in [0.25, 0.3) is 5.91 Å². The number of nitrogens with one attached hydrogen (secondary N) is 1. The highest BCUT2D eigenvalue weighted by molar-refractivity contribution is 6.42. The third-order valence-electron chi connectivity index (χ3n) is 2.47. The van der Waals surface area contributed by atoms with E-state index < -0.39 is 0 Å². The minimum Gasteiger partial charge on any atom is -0.355 e. The maximum Gasteiger partial charge on any atom is 0.254 e. The van der Waals surface area contributed by atoms with Gasteiger partial charge in [-0.15, -0.1) is 0 Å². The van der Waals surface area contributed by atoms with Gasteiger partial charge in [0.15, 0.2) is 0 Å². The molecule has 1 rings (SSSR count).